The average Bonchev–Trinajstić information content (AvgIpc) is 2.78. The second-order valence-electron chi connectivity index (χ2n) is 8.35. The zero-order valence-corrected chi connectivity index (χ0v) is 19.2. The van der Waals surface area contributed by atoms with Crippen LogP contribution >= 0.6 is 0 Å². The summed E-state index contributed by atoms with van der Waals surface area (Å²) in [5, 5.41) is 9.40. The largest absolute Gasteiger partial charge is 0.493 e. The molecular formula is C24H27F2NO7. The van der Waals surface area contributed by atoms with Crippen LogP contribution in [-0.2, 0) is 15.9 Å². The highest BCUT2D eigenvalue weighted by Crippen LogP contribution is 2.40. The number of rotatable bonds is 10. The molecule has 1 aliphatic heterocycles. The highest BCUT2D eigenvalue weighted by atomic mass is 19.3. The van der Waals surface area contributed by atoms with Gasteiger partial charge in [-0.2, -0.15) is 0 Å². The molecule has 0 saturated heterocycles. The molecule has 3 rings (SSSR count). The molecule has 1 aromatic carbocycles. The molecular weight excluding hydrogens is 452 g/mol. The first-order chi connectivity index (χ1) is 16.1. The number of halogens is 2. The number of carboxylic acids is 1. The maximum Gasteiger partial charge on any atom is 0.342 e. The van der Waals surface area contributed by atoms with E-state index in [4.69, 9.17) is 14.2 Å². The highest BCUT2D eigenvalue weighted by molar-refractivity contribution is 5.95. The fourth-order valence-corrected chi connectivity index (χ4v) is 3.99. The summed E-state index contributed by atoms with van der Waals surface area (Å²) in [7, 11) is 1.55. The molecule has 2 heterocycles. The molecule has 0 fully saturated rings. The number of hydrogen-bond donors (Lipinski definition) is 1. The van der Waals surface area contributed by atoms with Gasteiger partial charge in [-0.15, -0.1) is 0 Å². The first-order valence-corrected chi connectivity index (χ1v) is 10.9. The molecule has 8 nitrogen and oxygen atoms in total. The number of pyridine rings is 1. The number of ether oxygens (including phenoxy) is 3. The summed E-state index contributed by atoms with van der Waals surface area (Å²) in [5.41, 5.74) is 0.653. The minimum atomic E-state index is -2.83. The van der Waals surface area contributed by atoms with Crippen LogP contribution in [0.25, 0.3) is 11.3 Å². The number of carbonyl (C=O) groups excluding carboxylic acids is 1. The van der Waals surface area contributed by atoms with Gasteiger partial charge in [-0.25, -0.2) is 18.4 Å². The number of methoxy groups -OCH3 is 1. The predicted molar refractivity (Wildman–Crippen MR) is 119 cm³/mol. The van der Waals surface area contributed by atoms with Gasteiger partial charge in [0, 0.05) is 44.0 Å². The maximum absolute atomic E-state index is 12.6. The first-order valence-electron chi connectivity index (χ1n) is 10.9. The lowest BCUT2D eigenvalue weighted by Gasteiger charge is -2.34. The molecule has 2 aromatic rings. The lowest BCUT2D eigenvalue weighted by molar-refractivity contribution is 0.0156. The van der Waals surface area contributed by atoms with Crippen LogP contribution < -0.4 is 10.2 Å². The van der Waals surface area contributed by atoms with Crippen molar-refractivity contribution in [1.29, 1.82) is 0 Å². The third-order valence-corrected chi connectivity index (χ3v) is 5.66. The summed E-state index contributed by atoms with van der Waals surface area (Å²) < 4.78 is 42.5. The van der Waals surface area contributed by atoms with Gasteiger partial charge in [-0.05, 0) is 30.0 Å². The zero-order chi connectivity index (χ0) is 25.0. The fraction of sp³-hybridized carbons (Fsp3) is 0.458. The second-order valence-corrected chi connectivity index (χ2v) is 8.35. The quantitative estimate of drug-likeness (QED) is 0.408. The molecule has 0 bridgehead atoms. The van der Waals surface area contributed by atoms with Gasteiger partial charge in [0.1, 0.15) is 16.9 Å². The van der Waals surface area contributed by atoms with Crippen molar-refractivity contribution in [3.63, 3.8) is 0 Å². The Kier molecular flexibility index (Phi) is 8.03. The van der Waals surface area contributed by atoms with Crippen molar-refractivity contribution in [2.45, 2.75) is 39.2 Å². The van der Waals surface area contributed by atoms with Gasteiger partial charge in [0.25, 0.3) is 6.43 Å². The van der Waals surface area contributed by atoms with Gasteiger partial charge in [-0.1, -0.05) is 13.8 Å². The fourth-order valence-electron chi connectivity index (χ4n) is 3.99. The van der Waals surface area contributed by atoms with E-state index < -0.39 is 30.4 Å². The van der Waals surface area contributed by atoms with Crippen molar-refractivity contribution < 1.29 is 37.7 Å². The Morgan fingerprint density at radius 2 is 1.91 bits per heavy atom. The van der Waals surface area contributed by atoms with Crippen LogP contribution in [-0.4, -0.2) is 55.0 Å². The molecule has 0 saturated carbocycles. The lowest BCUT2D eigenvalue weighted by atomic mass is 9.86. The Morgan fingerprint density at radius 3 is 2.53 bits per heavy atom. The number of fused-ring (bicyclic) bond motifs is 3. The second kappa shape index (κ2) is 10.8. The number of carbonyl (C=O) groups is 2. The minimum absolute atomic E-state index is 0.0545. The van der Waals surface area contributed by atoms with Gasteiger partial charge in [0.05, 0.1) is 12.3 Å². The van der Waals surface area contributed by atoms with Crippen molar-refractivity contribution in [1.82, 2.24) is 4.57 Å². The third kappa shape index (κ3) is 5.44. The number of aromatic carboxylic acids is 1. The van der Waals surface area contributed by atoms with Crippen molar-refractivity contribution in [3.05, 3.63) is 51.3 Å². The van der Waals surface area contributed by atoms with E-state index in [9.17, 15) is 28.3 Å². The third-order valence-electron chi connectivity index (χ3n) is 5.66. The molecule has 0 aliphatic carbocycles. The Bertz CT molecular complexity index is 1130. The van der Waals surface area contributed by atoms with Crippen LogP contribution in [0.3, 0.4) is 0 Å². The number of carboxylic acid groups (broad SMARTS) is 1. The Balaban J connectivity index is 2.14. The first kappa shape index (κ1) is 25.4. The Hall–Kier alpha value is -3.27. The molecule has 1 atom stereocenters. The highest BCUT2D eigenvalue weighted by Gasteiger charge is 2.30. The molecule has 0 spiro atoms. The predicted octanol–water partition coefficient (Wildman–Crippen LogP) is 3.80. The molecule has 1 aliphatic rings. The zero-order valence-electron chi connectivity index (χ0n) is 19.2. The maximum atomic E-state index is 12.6. The molecule has 10 heteroatoms. The lowest BCUT2D eigenvalue weighted by Crippen LogP contribution is -2.28. The van der Waals surface area contributed by atoms with E-state index in [-0.39, 0.29) is 35.4 Å². The molecule has 0 amide bonds. The van der Waals surface area contributed by atoms with E-state index in [0.29, 0.717) is 30.7 Å². The number of aromatic nitrogens is 1. The van der Waals surface area contributed by atoms with E-state index in [1.807, 2.05) is 13.8 Å². The summed E-state index contributed by atoms with van der Waals surface area (Å²) in [6, 6.07) is 4.19. The standard InChI is InChI=1S/C24H27F2NO7/c1-13(2)18-7-14-8-21(33-6-4-5-32-3)16(24(31)34-12-22(25)26)9-15(14)19-10-20(28)17(23(29)30)11-27(18)19/h8-11,13,18,22H,4-7,12H2,1-3H3,(H,29,30). The molecule has 1 aromatic heterocycles. The van der Waals surface area contributed by atoms with Crippen LogP contribution in [0.4, 0.5) is 8.78 Å². The van der Waals surface area contributed by atoms with E-state index in [1.54, 1.807) is 17.7 Å². The van der Waals surface area contributed by atoms with Crippen molar-refractivity contribution >= 4 is 11.9 Å². The molecule has 1 N–H and O–H groups in total. The van der Waals surface area contributed by atoms with Gasteiger partial charge in [-0.3, -0.25) is 4.79 Å². The van der Waals surface area contributed by atoms with Crippen molar-refractivity contribution in [2.24, 2.45) is 5.92 Å². The van der Waals surface area contributed by atoms with Gasteiger partial charge >= 0.3 is 11.9 Å². The van der Waals surface area contributed by atoms with Crippen LogP contribution in [0.2, 0.25) is 0 Å². The number of hydrogen-bond acceptors (Lipinski definition) is 6. The summed E-state index contributed by atoms with van der Waals surface area (Å²) in [5.74, 6) is -2.02. The molecule has 184 valence electrons. The average molecular weight is 479 g/mol. The SMILES string of the molecule is COCCCOc1cc2c(cc1C(=O)OCC(F)F)-c1cc(=O)c(C(=O)O)cn1C(C(C)C)C2. The summed E-state index contributed by atoms with van der Waals surface area (Å²) in [6.45, 7) is 3.57. The van der Waals surface area contributed by atoms with E-state index in [1.165, 1.54) is 18.3 Å². The van der Waals surface area contributed by atoms with Gasteiger partial charge < -0.3 is 23.9 Å². The van der Waals surface area contributed by atoms with Crippen molar-refractivity contribution in [2.75, 3.05) is 26.9 Å². The smallest absolute Gasteiger partial charge is 0.342 e. The van der Waals surface area contributed by atoms with E-state index >= 15 is 0 Å². The van der Waals surface area contributed by atoms with Crippen molar-refractivity contribution in [3.8, 4) is 17.0 Å². The van der Waals surface area contributed by atoms with Crippen LogP contribution in [0.15, 0.2) is 29.2 Å². The molecule has 1 unspecified atom stereocenters. The molecule has 34 heavy (non-hydrogen) atoms. The molecule has 0 radical (unpaired) electrons. The van der Waals surface area contributed by atoms with E-state index in [0.717, 1.165) is 5.56 Å². The number of nitrogens with zero attached hydrogens (tertiary/aromatic N) is 1. The number of benzene rings is 1. The number of esters is 1. The minimum Gasteiger partial charge on any atom is -0.493 e. The monoisotopic (exact) mass is 479 g/mol. The normalized spacial score (nSPS) is 14.6. The summed E-state index contributed by atoms with van der Waals surface area (Å²) >= 11 is 0. The topological polar surface area (TPSA) is 104 Å². The van der Waals surface area contributed by atoms with Gasteiger partial charge in [0.15, 0.2) is 12.0 Å². The van der Waals surface area contributed by atoms with E-state index in [2.05, 4.69) is 0 Å². The summed E-state index contributed by atoms with van der Waals surface area (Å²) in [6.07, 6.45) is -0.474. The number of alkyl halides is 2. The van der Waals surface area contributed by atoms with Crippen LogP contribution in [0, 0.1) is 5.92 Å². The Morgan fingerprint density at radius 1 is 1.18 bits per heavy atom. The summed E-state index contributed by atoms with van der Waals surface area (Å²) in [4.78, 5) is 36.6. The van der Waals surface area contributed by atoms with Gasteiger partial charge in [0.2, 0.25) is 0 Å². The van der Waals surface area contributed by atoms with Crippen LogP contribution in [0.1, 0.15) is 52.6 Å². The Labute approximate surface area is 195 Å². The van der Waals surface area contributed by atoms with Crippen LogP contribution in [0.5, 0.6) is 5.75 Å².